The summed E-state index contributed by atoms with van der Waals surface area (Å²) in [5.41, 5.74) is 0.848. The van der Waals surface area contributed by atoms with Gasteiger partial charge in [0, 0.05) is 6.20 Å². The standard InChI is InChI=1S/C10H11N3O3/c1-6-7(2)16-9(11-6)5-13-4-3-8(12-13)10(14)15/h3-4H,5H2,1-2H3,(H,14,15). The number of aryl methyl sites for hydroxylation is 2. The van der Waals surface area contributed by atoms with Gasteiger partial charge in [0.1, 0.15) is 12.3 Å². The zero-order valence-corrected chi connectivity index (χ0v) is 8.97. The van der Waals surface area contributed by atoms with Gasteiger partial charge in [0.2, 0.25) is 5.89 Å². The van der Waals surface area contributed by atoms with E-state index in [4.69, 9.17) is 9.52 Å². The van der Waals surface area contributed by atoms with Gasteiger partial charge in [-0.2, -0.15) is 5.10 Å². The monoisotopic (exact) mass is 221 g/mol. The summed E-state index contributed by atoms with van der Waals surface area (Å²) in [4.78, 5) is 14.8. The Balaban J connectivity index is 2.17. The van der Waals surface area contributed by atoms with Crippen molar-refractivity contribution in [3.8, 4) is 0 Å². The van der Waals surface area contributed by atoms with Crippen LogP contribution in [0.5, 0.6) is 0 Å². The van der Waals surface area contributed by atoms with Crippen LogP contribution in [0.4, 0.5) is 0 Å². The Bertz CT molecular complexity index is 508. The molecule has 2 heterocycles. The van der Waals surface area contributed by atoms with Crippen molar-refractivity contribution in [3.63, 3.8) is 0 Å². The molecule has 0 aliphatic rings. The molecule has 0 fully saturated rings. The lowest BCUT2D eigenvalue weighted by atomic mass is 10.4. The van der Waals surface area contributed by atoms with Crippen molar-refractivity contribution in [2.45, 2.75) is 20.4 Å². The summed E-state index contributed by atoms with van der Waals surface area (Å²) in [6.45, 7) is 4.02. The summed E-state index contributed by atoms with van der Waals surface area (Å²) in [5.74, 6) is 0.245. The highest BCUT2D eigenvalue weighted by Gasteiger charge is 2.10. The Morgan fingerprint density at radius 1 is 1.56 bits per heavy atom. The third-order valence-electron chi connectivity index (χ3n) is 2.23. The fraction of sp³-hybridized carbons (Fsp3) is 0.300. The van der Waals surface area contributed by atoms with Gasteiger partial charge >= 0.3 is 5.97 Å². The molecule has 0 saturated carbocycles. The van der Waals surface area contributed by atoms with E-state index >= 15 is 0 Å². The van der Waals surface area contributed by atoms with Crippen molar-refractivity contribution in [3.05, 3.63) is 35.3 Å². The molecule has 0 radical (unpaired) electrons. The predicted octanol–water partition coefficient (Wildman–Crippen LogP) is 1.23. The van der Waals surface area contributed by atoms with Crippen LogP contribution in [0.25, 0.3) is 0 Å². The number of rotatable bonds is 3. The first-order valence-corrected chi connectivity index (χ1v) is 4.76. The molecule has 2 aromatic rings. The smallest absolute Gasteiger partial charge is 0.356 e. The van der Waals surface area contributed by atoms with Crippen molar-refractivity contribution in [2.75, 3.05) is 0 Å². The zero-order chi connectivity index (χ0) is 11.7. The van der Waals surface area contributed by atoms with E-state index in [1.54, 1.807) is 6.20 Å². The fourth-order valence-corrected chi connectivity index (χ4v) is 1.31. The molecule has 0 bridgehead atoms. The van der Waals surface area contributed by atoms with Crippen LogP contribution in [0.1, 0.15) is 27.8 Å². The molecule has 6 nitrogen and oxygen atoms in total. The minimum Gasteiger partial charge on any atom is -0.476 e. The molecule has 2 rings (SSSR count). The molecule has 0 aliphatic carbocycles. The van der Waals surface area contributed by atoms with E-state index in [2.05, 4.69) is 10.1 Å². The SMILES string of the molecule is Cc1nc(Cn2ccc(C(=O)O)n2)oc1C. The molecule has 1 N–H and O–H groups in total. The predicted molar refractivity (Wildman–Crippen MR) is 54.3 cm³/mol. The number of carboxylic acids is 1. The Morgan fingerprint density at radius 2 is 2.31 bits per heavy atom. The molecule has 0 unspecified atom stereocenters. The first-order chi connectivity index (χ1) is 7.56. The van der Waals surface area contributed by atoms with Crippen LogP contribution in [0.2, 0.25) is 0 Å². The maximum atomic E-state index is 10.6. The summed E-state index contributed by atoms with van der Waals surface area (Å²) in [7, 11) is 0. The third-order valence-corrected chi connectivity index (χ3v) is 2.23. The van der Waals surface area contributed by atoms with E-state index in [0.717, 1.165) is 11.5 Å². The van der Waals surface area contributed by atoms with Gasteiger partial charge in [0.05, 0.1) is 5.69 Å². The molecule has 2 aromatic heterocycles. The molecule has 0 atom stereocenters. The molecule has 0 spiro atoms. The third kappa shape index (κ3) is 1.95. The first kappa shape index (κ1) is 10.4. The van der Waals surface area contributed by atoms with Gasteiger partial charge < -0.3 is 9.52 Å². The van der Waals surface area contributed by atoms with Crippen molar-refractivity contribution >= 4 is 5.97 Å². The highest BCUT2D eigenvalue weighted by molar-refractivity contribution is 5.84. The minimum absolute atomic E-state index is 0.0139. The molecule has 6 heteroatoms. The van der Waals surface area contributed by atoms with Gasteiger partial charge in [-0.25, -0.2) is 9.78 Å². The van der Waals surface area contributed by atoms with E-state index < -0.39 is 5.97 Å². The van der Waals surface area contributed by atoms with Crippen LogP contribution < -0.4 is 0 Å². The molecule has 0 amide bonds. The second-order valence-electron chi connectivity index (χ2n) is 3.45. The molecule has 0 aromatic carbocycles. The number of oxazole rings is 1. The Labute approximate surface area is 91.5 Å². The molecular weight excluding hydrogens is 210 g/mol. The van der Waals surface area contributed by atoms with Crippen molar-refractivity contribution in [1.82, 2.24) is 14.8 Å². The van der Waals surface area contributed by atoms with E-state index in [1.807, 2.05) is 13.8 Å². The normalized spacial score (nSPS) is 10.6. The lowest BCUT2D eigenvalue weighted by molar-refractivity contribution is 0.0689. The summed E-state index contributed by atoms with van der Waals surface area (Å²) in [6.07, 6.45) is 1.58. The average molecular weight is 221 g/mol. The number of carboxylic acid groups (broad SMARTS) is 1. The zero-order valence-electron chi connectivity index (χ0n) is 8.97. The fourth-order valence-electron chi connectivity index (χ4n) is 1.31. The number of aromatic carboxylic acids is 1. The highest BCUT2D eigenvalue weighted by Crippen LogP contribution is 2.09. The number of hydrogen-bond acceptors (Lipinski definition) is 4. The Hall–Kier alpha value is -2.11. The minimum atomic E-state index is -1.04. The van der Waals surface area contributed by atoms with E-state index in [1.165, 1.54) is 10.7 Å². The second kappa shape index (κ2) is 3.80. The second-order valence-corrected chi connectivity index (χ2v) is 3.45. The lowest BCUT2D eigenvalue weighted by Gasteiger charge is -1.95. The molecule has 84 valence electrons. The van der Waals surface area contributed by atoms with Crippen LogP contribution >= 0.6 is 0 Å². The molecular formula is C10H11N3O3. The summed E-state index contributed by atoms with van der Waals surface area (Å²) >= 11 is 0. The van der Waals surface area contributed by atoms with Crippen LogP contribution in [-0.4, -0.2) is 25.8 Å². The van der Waals surface area contributed by atoms with Gasteiger partial charge in [-0.15, -0.1) is 0 Å². The van der Waals surface area contributed by atoms with Gasteiger partial charge in [-0.3, -0.25) is 4.68 Å². The molecule has 0 saturated heterocycles. The van der Waals surface area contributed by atoms with Gasteiger partial charge in [-0.1, -0.05) is 0 Å². The molecule has 16 heavy (non-hydrogen) atoms. The number of aromatic nitrogens is 3. The van der Waals surface area contributed by atoms with E-state index in [9.17, 15) is 4.79 Å². The van der Waals surface area contributed by atoms with Crippen LogP contribution in [0, 0.1) is 13.8 Å². The number of hydrogen-bond donors (Lipinski definition) is 1. The van der Waals surface area contributed by atoms with Gasteiger partial charge in [0.15, 0.2) is 5.69 Å². The van der Waals surface area contributed by atoms with Crippen LogP contribution in [-0.2, 0) is 6.54 Å². The molecule has 0 aliphatic heterocycles. The maximum absolute atomic E-state index is 10.6. The van der Waals surface area contributed by atoms with Gasteiger partial charge in [0.25, 0.3) is 0 Å². The van der Waals surface area contributed by atoms with E-state index in [-0.39, 0.29) is 5.69 Å². The van der Waals surface area contributed by atoms with Crippen LogP contribution in [0.15, 0.2) is 16.7 Å². The van der Waals surface area contributed by atoms with Crippen molar-refractivity contribution in [1.29, 1.82) is 0 Å². The van der Waals surface area contributed by atoms with Crippen LogP contribution in [0.3, 0.4) is 0 Å². The quantitative estimate of drug-likeness (QED) is 0.843. The van der Waals surface area contributed by atoms with E-state index in [0.29, 0.717) is 12.4 Å². The summed E-state index contributed by atoms with van der Waals surface area (Å²) < 4.78 is 6.85. The highest BCUT2D eigenvalue weighted by atomic mass is 16.4. The van der Waals surface area contributed by atoms with Gasteiger partial charge in [-0.05, 0) is 19.9 Å². The maximum Gasteiger partial charge on any atom is 0.356 e. The summed E-state index contributed by atoms with van der Waals surface area (Å²) in [6, 6.07) is 1.44. The Morgan fingerprint density at radius 3 is 2.81 bits per heavy atom. The average Bonchev–Trinajstić information content (AvgIpc) is 2.76. The summed E-state index contributed by atoms with van der Waals surface area (Å²) in [5, 5.41) is 12.6. The number of nitrogens with zero attached hydrogens (tertiary/aromatic N) is 3. The Kier molecular flexibility index (Phi) is 2.47. The number of carbonyl (C=O) groups is 1. The first-order valence-electron chi connectivity index (χ1n) is 4.76. The van der Waals surface area contributed by atoms with Crippen molar-refractivity contribution in [2.24, 2.45) is 0 Å². The topological polar surface area (TPSA) is 81.2 Å². The largest absolute Gasteiger partial charge is 0.476 e. The van der Waals surface area contributed by atoms with Crippen molar-refractivity contribution < 1.29 is 14.3 Å². The lowest BCUT2D eigenvalue weighted by Crippen LogP contribution is -2.04.